The van der Waals surface area contributed by atoms with Crippen LogP contribution in [0.2, 0.25) is 0 Å². The number of aromatic nitrogens is 2. The molecular weight excluding hydrogens is 357 g/mol. The van der Waals surface area contributed by atoms with Gasteiger partial charge in [0.2, 0.25) is 0 Å². The van der Waals surface area contributed by atoms with Gasteiger partial charge >= 0.3 is 0 Å². The Hall–Kier alpha value is -3.42. The number of carbonyl (C=O) groups is 1. The minimum atomic E-state index is -0.787. The van der Waals surface area contributed by atoms with Crippen molar-refractivity contribution in [1.29, 1.82) is 0 Å². The predicted molar refractivity (Wildman–Crippen MR) is 94.1 cm³/mol. The monoisotopic (exact) mass is 372 g/mol. The van der Waals surface area contributed by atoms with Crippen molar-refractivity contribution < 1.29 is 18.0 Å². The first-order chi connectivity index (χ1) is 13.0. The number of anilines is 2. The number of nitrogens with one attached hydrogen (secondary N) is 2. The Kier molecular flexibility index (Phi) is 5.65. The lowest BCUT2D eigenvalue weighted by Gasteiger charge is -2.09. The van der Waals surface area contributed by atoms with Crippen LogP contribution in [-0.4, -0.2) is 22.4 Å². The quantitative estimate of drug-likeness (QED) is 0.694. The molecule has 0 spiro atoms. The summed E-state index contributed by atoms with van der Waals surface area (Å²) in [7, 11) is 0. The Bertz CT molecular complexity index is 965. The van der Waals surface area contributed by atoms with Gasteiger partial charge in [-0.25, -0.2) is 23.1 Å². The first-order valence-electron chi connectivity index (χ1n) is 8.08. The standard InChI is InChI=1S/C19H15F3N4O/c20-13-5-6-16(15(22)9-13)26-18-10-17(24-11-25-18)19(27)23-8-7-12-3-1-2-4-14(12)21/h1-6,9-11H,7-8H2,(H,23,27)(H,24,25,26). The minimum Gasteiger partial charge on any atom is -0.350 e. The molecule has 0 aliphatic heterocycles. The van der Waals surface area contributed by atoms with Gasteiger partial charge in [-0.15, -0.1) is 0 Å². The maximum absolute atomic E-state index is 13.7. The third kappa shape index (κ3) is 4.81. The van der Waals surface area contributed by atoms with E-state index in [0.29, 0.717) is 12.0 Å². The van der Waals surface area contributed by atoms with Crippen LogP contribution in [0.3, 0.4) is 0 Å². The molecule has 138 valence electrons. The van der Waals surface area contributed by atoms with Gasteiger partial charge in [0.15, 0.2) is 0 Å². The van der Waals surface area contributed by atoms with E-state index in [1.54, 1.807) is 18.2 Å². The normalized spacial score (nSPS) is 10.5. The van der Waals surface area contributed by atoms with Gasteiger partial charge in [0.1, 0.15) is 35.3 Å². The summed E-state index contributed by atoms with van der Waals surface area (Å²) in [6.07, 6.45) is 1.48. The zero-order valence-electron chi connectivity index (χ0n) is 14.0. The highest BCUT2D eigenvalue weighted by Crippen LogP contribution is 2.19. The van der Waals surface area contributed by atoms with Crippen LogP contribution in [0.15, 0.2) is 54.9 Å². The molecule has 3 rings (SSSR count). The number of nitrogens with zero attached hydrogens (tertiary/aromatic N) is 2. The lowest BCUT2D eigenvalue weighted by Crippen LogP contribution is -2.26. The van der Waals surface area contributed by atoms with E-state index in [0.717, 1.165) is 18.5 Å². The number of rotatable bonds is 6. The Morgan fingerprint density at radius 3 is 2.56 bits per heavy atom. The zero-order chi connectivity index (χ0) is 19.2. The molecule has 5 nitrogen and oxygen atoms in total. The largest absolute Gasteiger partial charge is 0.350 e. The van der Waals surface area contributed by atoms with Crippen molar-refractivity contribution in [2.45, 2.75) is 6.42 Å². The first kappa shape index (κ1) is 18.4. The molecule has 0 bridgehead atoms. The van der Waals surface area contributed by atoms with E-state index in [1.807, 2.05) is 0 Å². The summed E-state index contributed by atoms with van der Waals surface area (Å²) < 4.78 is 40.2. The average Bonchev–Trinajstić information content (AvgIpc) is 2.66. The number of hydrogen-bond acceptors (Lipinski definition) is 4. The van der Waals surface area contributed by atoms with Gasteiger partial charge in [-0.3, -0.25) is 4.79 Å². The number of benzene rings is 2. The van der Waals surface area contributed by atoms with Crippen LogP contribution in [0.4, 0.5) is 24.7 Å². The molecule has 1 amide bonds. The second-order valence-corrected chi connectivity index (χ2v) is 5.63. The van der Waals surface area contributed by atoms with Gasteiger partial charge in [-0.05, 0) is 30.2 Å². The molecule has 1 aromatic heterocycles. The maximum atomic E-state index is 13.7. The van der Waals surface area contributed by atoms with Gasteiger partial charge in [0.05, 0.1) is 5.69 Å². The molecule has 2 aromatic carbocycles. The van der Waals surface area contributed by atoms with Crippen molar-refractivity contribution in [3.63, 3.8) is 0 Å². The van der Waals surface area contributed by atoms with Crippen LogP contribution in [-0.2, 0) is 6.42 Å². The van der Waals surface area contributed by atoms with Crippen molar-refractivity contribution in [3.05, 3.63) is 83.6 Å². The van der Waals surface area contributed by atoms with Crippen molar-refractivity contribution in [1.82, 2.24) is 15.3 Å². The second kappa shape index (κ2) is 8.31. The van der Waals surface area contributed by atoms with Crippen LogP contribution >= 0.6 is 0 Å². The third-order valence-corrected chi connectivity index (χ3v) is 3.73. The average molecular weight is 372 g/mol. The van der Waals surface area contributed by atoms with E-state index in [4.69, 9.17) is 0 Å². The smallest absolute Gasteiger partial charge is 0.270 e. The topological polar surface area (TPSA) is 66.9 Å². The van der Waals surface area contributed by atoms with Crippen molar-refractivity contribution in [2.75, 3.05) is 11.9 Å². The van der Waals surface area contributed by atoms with Gasteiger partial charge in [-0.1, -0.05) is 18.2 Å². The Balaban J connectivity index is 1.62. The molecule has 0 saturated heterocycles. The molecule has 0 saturated carbocycles. The Labute approximate surface area is 153 Å². The fourth-order valence-electron chi connectivity index (χ4n) is 2.38. The van der Waals surface area contributed by atoms with Crippen LogP contribution < -0.4 is 10.6 Å². The fourth-order valence-corrected chi connectivity index (χ4v) is 2.38. The SMILES string of the molecule is O=C(NCCc1ccccc1F)c1cc(Nc2ccc(F)cc2F)ncn1. The van der Waals surface area contributed by atoms with Crippen LogP contribution in [0.25, 0.3) is 0 Å². The van der Waals surface area contributed by atoms with E-state index in [2.05, 4.69) is 20.6 Å². The molecule has 0 aliphatic carbocycles. The molecule has 8 heteroatoms. The molecule has 27 heavy (non-hydrogen) atoms. The summed E-state index contributed by atoms with van der Waals surface area (Å²) in [5, 5.41) is 5.30. The number of carbonyl (C=O) groups excluding carboxylic acids is 1. The van der Waals surface area contributed by atoms with Gasteiger partial charge in [-0.2, -0.15) is 0 Å². The summed E-state index contributed by atoms with van der Waals surface area (Å²) in [4.78, 5) is 20.0. The summed E-state index contributed by atoms with van der Waals surface area (Å²) in [6, 6.07) is 10.7. The Morgan fingerprint density at radius 2 is 1.78 bits per heavy atom. The fraction of sp³-hybridized carbons (Fsp3) is 0.105. The first-order valence-corrected chi connectivity index (χ1v) is 8.08. The van der Waals surface area contributed by atoms with Crippen molar-refractivity contribution >= 4 is 17.4 Å². The molecule has 0 unspecified atom stereocenters. The highest BCUT2D eigenvalue weighted by Gasteiger charge is 2.11. The van der Waals surface area contributed by atoms with E-state index in [9.17, 15) is 18.0 Å². The van der Waals surface area contributed by atoms with Crippen molar-refractivity contribution in [2.24, 2.45) is 0 Å². The maximum Gasteiger partial charge on any atom is 0.270 e. The molecule has 2 N–H and O–H groups in total. The molecule has 1 heterocycles. The van der Waals surface area contributed by atoms with Crippen LogP contribution in [0.1, 0.15) is 16.1 Å². The second-order valence-electron chi connectivity index (χ2n) is 5.63. The van der Waals surface area contributed by atoms with Gasteiger partial charge < -0.3 is 10.6 Å². The van der Waals surface area contributed by atoms with Crippen LogP contribution in [0, 0.1) is 17.5 Å². The number of hydrogen-bond donors (Lipinski definition) is 2. The molecule has 0 aliphatic rings. The zero-order valence-corrected chi connectivity index (χ0v) is 14.0. The molecule has 0 fully saturated rings. The third-order valence-electron chi connectivity index (χ3n) is 3.73. The van der Waals surface area contributed by atoms with Gasteiger partial charge in [0, 0.05) is 18.7 Å². The lowest BCUT2D eigenvalue weighted by molar-refractivity contribution is 0.0949. The van der Waals surface area contributed by atoms with Crippen LogP contribution in [0.5, 0.6) is 0 Å². The lowest BCUT2D eigenvalue weighted by atomic mass is 10.1. The highest BCUT2D eigenvalue weighted by molar-refractivity contribution is 5.92. The molecular formula is C19H15F3N4O. The van der Waals surface area contributed by atoms with E-state index in [-0.39, 0.29) is 29.6 Å². The van der Waals surface area contributed by atoms with Gasteiger partial charge in [0.25, 0.3) is 5.91 Å². The van der Waals surface area contributed by atoms with E-state index < -0.39 is 17.5 Å². The summed E-state index contributed by atoms with van der Waals surface area (Å²) in [5.41, 5.74) is 0.569. The number of halogens is 3. The van der Waals surface area contributed by atoms with E-state index in [1.165, 1.54) is 18.2 Å². The summed E-state index contributed by atoms with van der Waals surface area (Å²) in [5.74, 6) is -2.12. The summed E-state index contributed by atoms with van der Waals surface area (Å²) in [6.45, 7) is 0.221. The minimum absolute atomic E-state index is 0.0148. The highest BCUT2D eigenvalue weighted by atomic mass is 19.1. The molecule has 3 aromatic rings. The Morgan fingerprint density at radius 1 is 0.963 bits per heavy atom. The van der Waals surface area contributed by atoms with E-state index >= 15 is 0 Å². The molecule has 0 atom stereocenters. The molecule has 0 radical (unpaired) electrons. The summed E-state index contributed by atoms with van der Waals surface area (Å²) >= 11 is 0. The predicted octanol–water partition coefficient (Wildman–Crippen LogP) is 3.61. The van der Waals surface area contributed by atoms with Crippen molar-refractivity contribution in [3.8, 4) is 0 Å². The number of amides is 1.